The number of isocyanates is 1. The summed E-state index contributed by atoms with van der Waals surface area (Å²) in [6.07, 6.45) is 6.16. The lowest BCUT2D eigenvalue weighted by Gasteiger charge is -2.31. The normalized spacial score (nSPS) is 22.8. The van der Waals surface area contributed by atoms with Gasteiger partial charge in [-0.1, -0.05) is 24.3 Å². The van der Waals surface area contributed by atoms with Crippen molar-refractivity contribution in [3.05, 3.63) is 35.4 Å². The van der Waals surface area contributed by atoms with E-state index in [1.807, 2.05) is 0 Å². The maximum atomic E-state index is 10.7. The molecule has 0 radical (unpaired) electrons. The van der Waals surface area contributed by atoms with Gasteiger partial charge in [-0.2, -0.15) is 4.99 Å². The average Bonchev–Trinajstić information content (AvgIpc) is 3.21. The number of rotatable bonds is 3. The Hall–Kier alpha value is -1.44. The Balaban J connectivity index is 1.92. The molecule has 2 aliphatic rings. The highest BCUT2D eigenvalue weighted by Crippen LogP contribution is 2.52. The smallest absolute Gasteiger partial charge is 0.235 e. The molecular formula is C16H20N2O. The van der Waals surface area contributed by atoms with Crippen LogP contribution in [0.15, 0.2) is 29.3 Å². The summed E-state index contributed by atoms with van der Waals surface area (Å²) in [5, 5.41) is 0. The van der Waals surface area contributed by atoms with Crippen LogP contribution in [0.3, 0.4) is 0 Å². The summed E-state index contributed by atoms with van der Waals surface area (Å²) >= 11 is 0. The zero-order chi connectivity index (χ0) is 13.3. The van der Waals surface area contributed by atoms with Gasteiger partial charge < -0.3 is 4.90 Å². The van der Waals surface area contributed by atoms with Crippen molar-refractivity contribution < 1.29 is 4.79 Å². The summed E-state index contributed by atoms with van der Waals surface area (Å²) in [4.78, 5) is 17.1. The lowest BCUT2D eigenvalue weighted by atomic mass is 9.84. The Morgan fingerprint density at radius 3 is 2.58 bits per heavy atom. The van der Waals surface area contributed by atoms with Crippen LogP contribution in [0.5, 0.6) is 0 Å². The largest absolute Gasteiger partial charge is 0.306 e. The summed E-state index contributed by atoms with van der Waals surface area (Å²) in [7, 11) is 2.18. The van der Waals surface area contributed by atoms with Gasteiger partial charge in [0.25, 0.3) is 0 Å². The molecule has 1 saturated heterocycles. The van der Waals surface area contributed by atoms with Crippen LogP contribution in [0.25, 0.3) is 0 Å². The SMILES string of the molecule is CN1CCC(c2ccccc2C2(N=C=O)CC2)CC1. The zero-order valence-electron chi connectivity index (χ0n) is 11.4. The molecule has 100 valence electrons. The monoisotopic (exact) mass is 256 g/mol. The van der Waals surface area contributed by atoms with Crippen molar-refractivity contribution in [3.63, 3.8) is 0 Å². The maximum Gasteiger partial charge on any atom is 0.235 e. The quantitative estimate of drug-likeness (QED) is 0.615. The topological polar surface area (TPSA) is 32.7 Å². The highest BCUT2D eigenvalue weighted by Gasteiger charge is 2.46. The zero-order valence-corrected chi connectivity index (χ0v) is 11.4. The van der Waals surface area contributed by atoms with Crippen LogP contribution in [0.2, 0.25) is 0 Å². The number of carbonyl (C=O) groups excluding carboxylic acids is 1. The Kier molecular flexibility index (Phi) is 3.26. The van der Waals surface area contributed by atoms with Crippen LogP contribution in [0.4, 0.5) is 0 Å². The number of likely N-dealkylation sites (tertiary alicyclic amines) is 1. The molecule has 0 aromatic heterocycles. The third-order valence-electron chi connectivity index (χ3n) is 4.60. The van der Waals surface area contributed by atoms with E-state index in [0.717, 1.165) is 25.9 Å². The molecule has 0 atom stereocenters. The highest BCUT2D eigenvalue weighted by atomic mass is 16.1. The second kappa shape index (κ2) is 4.92. The van der Waals surface area contributed by atoms with E-state index in [1.165, 1.54) is 24.0 Å². The van der Waals surface area contributed by atoms with Gasteiger partial charge in [-0.15, -0.1) is 0 Å². The second-order valence-corrected chi connectivity index (χ2v) is 5.90. The molecule has 1 saturated carbocycles. The first-order valence-electron chi connectivity index (χ1n) is 7.12. The first-order valence-corrected chi connectivity index (χ1v) is 7.12. The van der Waals surface area contributed by atoms with E-state index >= 15 is 0 Å². The third-order valence-corrected chi connectivity index (χ3v) is 4.60. The summed E-state index contributed by atoms with van der Waals surface area (Å²) < 4.78 is 0. The van der Waals surface area contributed by atoms with Gasteiger partial charge in [-0.25, -0.2) is 4.79 Å². The van der Waals surface area contributed by atoms with Gasteiger partial charge >= 0.3 is 0 Å². The fourth-order valence-electron chi connectivity index (χ4n) is 3.24. The van der Waals surface area contributed by atoms with Crippen molar-refractivity contribution in [3.8, 4) is 0 Å². The van der Waals surface area contributed by atoms with Crippen molar-refractivity contribution >= 4 is 6.08 Å². The Labute approximate surface area is 114 Å². The fourth-order valence-corrected chi connectivity index (χ4v) is 3.24. The number of benzene rings is 1. The summed E-state index contributed by atoms with van der Waals surface area (Å²) in [6.45, 7) is 2.31. The van der Waals surface area contributed by atoms with E-state index in [-0.39, 0.29) is 5.54 Å². The molecule has 1 aromatic rings. The third kappa shape index (κ3) is 2.36. The van der Waals surface area contributed by atoms with Gasteiger partial charge in [-0.05, 0) is 62.9 Å². The van der Waals surface area contributed by atoms with Crippen molar-refractivity contribution in [1.82, 2.24) is 4.90 Å². The van der Waals surface area contributed by atoms with Crippen LogP contribution < -0.4 is 0 Å². The van der Waals surface area contributed by atoms with Crippen LogP contribution >= 0.6 is 0 Å². The molecule has 0 unspecified atom stereocenters. The molecule has 3 nitrogen and oxygen atoms in total. The molecule has 1 heterocycles. The molecule has 2 fully saturated rings. The van der Waals surface area contributed by atoms with Crippen LogP contribution in [-0.4, -0.2) is 31.1 Å². The maximum absolute atomic E-state index is 10.7. The van der Waals surface area contributed by atoms with Crippen LogP contribution in [0.1, 0.15) is 42.7 Å². The first kappa shape index (κ1) is 12.6. The van der Waals surface area contributed by atoms with E-state index in [1.54, 1.807) is 6.08 Å². The summed E-state index contributed by atoms with van der Waals surface area (Å²) in [5.41, 5.74) is 2.45. The van der Waals surface area contributed by atoms with Gasteiger partial charge in [-0.3, -0.25) is 0 Å². The number of aliphatic imine (C=N–C) groups is 1. The van der Waals surface area contributed by atoms with Crippen molar-refractivity contribution in [2.24, 2.45) is 4.99 Å². The van der Waals surface area contributed by atoms with Gasteiger partial charge in [0.15, 0.2) is 0 Å². The summed E-state index contributed by atoms with van der Waals surface area (Å²) in [6, 6.07) is 8.55. The second-order valence-electron chi connectivity index (χ2n) is 5.90. The summed E-state index contributed by atoms with van der Waals surface area (Å²) in [5.74, 6) is 0.617. The van der Waals surface area contributed by atoms with Crippen molar-refractivity contribution in [1.29, 1.82) is 0 Å². The first-order chi connectivity index (χ1) is 9.25. The molecule has 3 rings (SSSR count). The number of nitrogens with zero attached hydrogens (tertiary/aromatic N) is 2. The lowest BCUT2D eigenvalue weighted by molar-refractivity contribution is 0.254. The van der Waals surface area contributed by atoms with Gasteiger partial charge in [0, 0.05) is 0 Å². The van der Waals surface area contributed by atoms with Gasteiger partial charge in [0.05, 0.1) is 5.54 Å². The minimum atomic E-state index is -0.234. The van der Waals surface area contributed by atoms with Crippen molar-refractivity contribution in [2.45, 2.75) is 37.1 Å². The standard InChI is InChI=1S/C16H20N2O/c1-18-10-6-13(7-11-18)14-4-2-3-5-15(14)16(8-9-16)17-12-19/h2-5,13H,6-11H2,1H3. The van der Waals surface area contributed by atoms with Gasteiger partial charge in [0.1, 0.15) is 0 Å². The molecule has 19 heavy (non-hydrogen) atoms. The van der Waals surface area contributed by atoms with Crippen LogP contribution in [0, 0.1) is 0 Å². The van der Waals surface area contributed by atoms with E-state index in [2.05, 4.69) is 41.2 Å². The number of piperidine rings is 1. The predicted octanol–water partition coefficient (Wildman–Crippen LogP) is 2.82. The Morgan fingerprint density at radius 2 is 1.95 bits per heavy atom. The van der Waals surface area contributed by atoms with E-state index in [0.29, 0.717) is 5.92 Å². The Bertz CT molecular complexity index is 507. The predicted molar refractivity (Wildman–Crippen MR) is 74.9 cm³/mol. The number of hydrogen-bond donors (Lipinski definition) is 0. The van der Waals surface area contributed by atoms with E-state index < -0.39 is 0 Å². The molecule has 0 N–H and O–H groups in total. The molecule has 1 aromatic carbocycles. The molecule has 1 aliphatic heterocycles. The Morgan fingerprint density at radius 1 is 1.26 bits per heavy atom. The lowest BCUT2D eigenvalue weighted by Crippen LogP contribution is -2.30. The fraction of sp³-hybridized carbons (Fsp3) is 0.562. The molecule has 0 bridgehead atoms. The van der Waals surface area contributed by atoms with Crippen LogP contribution in [-0.2, 0) is 10.3 Å². The minimum absolute atomic E-state index is 0.234. The van der Waals surface area contributed by atoms with E-state index in [9.17, 15) is 4.79 Å². The number of hydrogen-bond acceptors (Lipinski definition) is 3. The minimum Gasteiger partial charge on any atom is -0.306 e. The molecule has 1 aliphatic carbocycles. The molecule has 3 heteroatoms. The van der Waals surface area contributed by atoms with E-state index in [4.69, 9.17) is 0 Å². The molecule has 0 spiro atoms. The molecular weight excluding hydrogens is 236 g/mol. The van der Waals surface area contributed by atoms with Crippen molar-refractivity contribution in [2.75, 3.05) is 20.1 Å². The van der Waals surface area contributed by atoms with Gasteiger partial charge in [0.2, 0.25) is 6.08 Å². The molecule has 0 amide bonds. The average molecular weight is 256 g/mol. The highest BCUT2D eigenvalue weighted by molar-refractivity contribution is 5.45.